The maximum atomic E-state index is 13.2. The fourth-order valence-electron chi connectivity index (χ4n) is 5.65. The number of likely N-dealkylation sites (tertiary alicyclic amines) is 1. The Morgan fingerprint density at radius 3 is 2.56 bits per heavy atom. The van der Waals surface area contributed by atoms with Crippen LogP contribution >= 0.6 is 11.3 Å². The Morgan fingerprint density at radius 1 is 0.953 bits per heavy atom. The van der Waals surface area contributed by atoms with E-state index in [1.54, 1.807) is 18.3 Å². The average Bonchev–Trinajstić information content (AvgIpc) is 3.49. The van der Waals surface area contributed by atoms with Crippen LogP contribution in [0.4, 0.5) is 5.69 Å². The summed E-state index contributed by atoms with van der Waals surface area (Å²) in [6.45, 7) is 3.99. The van der Waals surface area contributed by atoms with Crippen LogP contribution in [0.1, 0.15) is 63.3 Å². The number of unbranched alkanes of at least 4 members (excludes halogenated alkanes) is 1. The smallest absolute Gasteiger partial charge is 0.257 e. The maximum Gasteiger partial charge on any atom is 0.257 e. The molecule has 0 saturated carbocycles. The topological polar surface area (TPSA) is 108 Å². The van der Waals surface area contributed by atoms with Crippen LogP contribution < -0.4 is 10.6 Å². The molecule has 0 aliphatic carbocycles. The van der Waals surface area contributed by atoms with E-state index in [1.807, 2.05) is 0 Å². The summed E-state index contributed by atoms with van der Waals surface area (Å²) >= 11 is 1.52. The van der Waals surface area contributed by atoms with E-state index in [-0.39, 0.29) is 39.1 Å². The number of sulfone groups is 1. The number of benzene rings is 3. The number of hydrogen-bond donors (Lipinski definition) is 2. The van der Waals surface area contributed by atoms with E-state index in [9.17, 15) is 18.0 Å². The Hall–Kier alpha value is -3.86. The molecule has 1 fully saturated rings. The third-order valence-corrected chi connectivity index (χ3v) is 10.9. The predicted octanol–water partition coefficient (Wildman–Crippen LogP) is 5.95. The zero-order valence-corrected chi connectivity index (χ0v) is 25.5. The summed E-state index contributed by atoms with van der Waals surface area (Å²) in [5.74, 6) is -0.913. The molecule has 0 radical (unpaired) electrons. The number of nitrogens with zero attached hydrogens (tertiary/aromatic N) is 2. The fourth-order valence-corrected chi connectivity index (χ4v) is 8.10. The highest BCUT2D eigenvalue weighted by molar-refractivity contribution is 7.91. The molecule has 2 aliphatic rings. The molecule has 10 heteroatoms. The molecule has 222 valence electrons. The number of aryl methyl sites for hydroxylation is 1. The lowest BCUT2D eigenvalue weighted by atomic mass is 10.1. The van der Waals surface area contributed by atoms with Gasteiger partial charge in [-0.25, -0.2) is 13.4 Å². The number of hydrogen-bond acceptors (Lipinski definition) is 7. The third kappa shape index (κ3) is 6.56. The quantitative estimate of drug-likeness (QED) is 0.226. The number of nitrogens with one attached hydrogen (secondary N) is 2. The summed E-state index contributed by atoms with van der Waals surface area (Å²) in [6.07, 6.45) is 9.32. The minimum Gasteiger partial charge on any atom is -0.347 e. The Morgan fingerprint density at radius 2 is 1.74 bits per heavy atom. The van der Waals surface area contributed by atoms with Crippen molar-refractivity contribution >= 4 is 38.7 Å². The number of anilines is 1. The van der Waals surface area contributed by atoms with Gasteiger partial charge in [-0.05, 0) is 87.6 Å². The second kappa shape index (κ2) is 12.8. The van der Waals surface area contributed by atoms with Crippen molar-refractivity contribution in [3.05, 3.63) is 94.5 Å². The van der Waals surface area contributed by atoms with Crippen LogP contribution in [0, 0.1) is 0 Å². The minimum absolute atomic E-state index is 0.0436. The van der Waals surface area contributed by atoms with Gasteiger partial charge in [-0.2, -0.15) is 0 Å². The first kappa shape index (κ1) is 29.2. The first-order valence-electron chi connectivity index (χ1n) is 14.7. The molecule has 0 unspecified atom stereocenters. The van der Waals surface area contributed by atoms with Crippen LogP contribution in [0.5, 0.6) is 0 Å². The Labute approximate surface area is 256 Å². The van der Waals surface area contributed by atoms with Crippen molar-refractivity contribution in [2.24, 2.45) is 0 Å². The van der Waals surface area contributed by atoms with Crippen LogP contribution in [-0.4, -0.2) is 49.8 Å². The van der Waals surface area contributed by atoms with Crippen LogP contribution in [0.25, 0.3) is 10.6 Å². The predicted molar refractivity (Wildman–Crippen MR) is 168 cm³/mol. The number of carbonyl (C=O) groups excluding carboxylic acids is 2. The molecule has 4 aromatic rings. The Balaban J connectivity index is 1.04. The molecule has 8 nitrogen and oxygen atoms in total. The van der Waals surface area contributed by atoms with Crippen molar-refractivity contribution in [2.45, 2.75) is 54.9 Å². The van der Waals surface area contributed by atoms with Crippen LogP contribution in [0.15, 0.2) is 82.7 Å². The number of rotatable bonds is 9. The Kier molecular flexibility index (Phi) is 8.69. The van der Waals surface area contributed by atoms with E-state index in [4.69, 9.17) is 0 Å². The van der Waals surface area contributed by atoms with Crippen molar-refractivity contribution in [2.75, 3.05) is 25.0 Å². The average molecular weight is 615 g/mol. The van der Waals surface area contributed by atoms with Crippen molar-refractivity contribution in [3.63, 3.8) is 0 Å². The highest BCUT2D eigenvalue weighted by Crippen LogP contribution is 2.34. The zero-order valence-electron chi connectivity index (χ0n) is 23.8. The van der Waals surface area contributed by atoms with E-state index in [0.29, 0.717) is 0 Å². The van der Waals surface area contributed by atoms with Gasteiger partial charge in [0.05, 0.1) is 27.6 Å². The Bertz CT molecular complexity index is 1740. The monoisotopic (exact) mass is 614 g/mol. The molecule has 0 bridgehead atoms. The lowest BCUT2D eigenvalue weighted by molar-refractivity contribution is 0.0949. The molecule has 3 aromatic carbocycles. The largest absolute Gasteiger partial charge is 0.347 e. The summed E-state index contributed by atoms with van der Waals surface area (Å²) in [7, 11) is -3.93. The summed E-state index contributed by atoms with van der Waals surface area (Å²) < 4.78 is 26.4. The number of amides is 2. The van der Waals surface area contributed by atoms with Crippen molar-refractivity contribution in [1.29, 1.82) is 0 Å². The van der Waals surface area contributed by atoms with Gasteiger partial charge in [-0.3, -0.25) is 9.59 Å². The van der Waals surface area contributed by atoms with E-state index in [2.05, 4.69) is 44.8 Å². The van der Waals surface area contributed by atoms with Gasteiger partial charge < -0.3 is 15.5 Å². The molecular weight excluding hydrogens is 581 g/mol. The zero-order chi connectivity index (χ0) is 29.8. The molecule has 1 aromatic heterocycles. The fraction of sp³-hybridized carbons (Fsp3) is 0.303. The molecule has 2 N–H and O–H groups in total. The maximum absolute atomic E-state index is 13.2. The molecule has 0 spiro atoms. The van der Waals surface area contributed by atoms with Crippen molar-refractivity contribution < 1.29 is 18.0 Å². The lowest BCUT2D eigenvalue weighted by Gasteiger charge is -2.26. The highest BCUT2D eigenvalue weighted by atomic mass is 32.2. The number of aromatic nitrogens is 1. The van der Waals surface area contributed by atoms with Gasteiger partial charge in [0.15, 0.2) is 0 Å². The second-order valence-electron chi connectivity index (χ2n) is 11.0. The number of thiazole rings is 1. The summed E-state index contributed by atoms with van der Waals surface area (Å²) in [4.78, 5) is 33.6. The number of fused-ring (bicyclic) bond motifs is 2. The highest BCUT2D eigenvalue weighted by Gasteiger charge is 2.31. The number of carbonyl (C=O) groups is 2. The molecule has 1 saturated heterocycles. The van der Waals surface area contributed by atoms with Gasteiger partial charge in [0, 0.05) is 22.2 Å². The molecule has 3 heterocycles. The summed E-state index contributed by atoms with van der Waals surface area (Å²) in [5.41, 5.74) is 2.78. The van der Waals surface area contributed by atoms with Crippen LogP contribution in [0.2, 0.25) is 0 Å². The van der Waals surface area contributed by atoms with Gasteiger partial charge in [0.25, 0.3) is 11.8 Å². The summed E-state index contributed by atoms with van der Waals surface area (Å²) in [5, 5.41) is 6.41. The molecule has 2 aliphatic heterocycles. The van der Waals surface area contributed by atoms with E-state index >= 15 is 0 Å². The van der Waals surface area contributed by atoms with E-state index in [1.165, 1.54) is 99.0 Å². The van der Waals surface area contributed by atoms with Gasteiger partial charge in [0.2, 0.25) is 9.84 Å². The van der Waals surface area contributed by atoms with Gasteiger partial charge in [-0.15, -0.1) is 11.3 Å². The first-order valence-corrected chi connectivity index (χ1v) is 17.0. The summed E-state index contributed by atoms with van der Waals surface area (Å²) in [6, 6.07) is 18.9. The molecule has 43 heavy (non-hydrogen) atoms. The normalized spacial score (nSPS) is 16.0. The van der Waals surface area contributed by atoms with E-state index < -0.39 is 15.7 Å². The minimum atomic E-state index is -3.93. The second-order valence-corrected chi connectivity index (χ2v) is 14.0. The van der Waals surface area contributed by atoms with Crippen LogP contribution in [0.3, 0.4) is 0 Å². The van der Waals surface area contributed by atoms with E-state index in [0.717, 1.165) is 21.9 Å². The molecule has 2 amide bonds. The molecule has 6 rings (SSSR count). The lowest BCUT2D eigenvalue weighted by Crippen LogP contribution is -2.30. The van der Waals surface area contributed by atoms with Gasteiger partial charge in [0.1, 0.15) is 5.01 Å². The first-order chi connectivity index (χ1) is 20.9. The number of piperidine rings is 1. The third-order valence-electron chi connectivity index (χ3n) is 8.02. The van der Waals surface area contributed by atoms with Crippen molar-refractivity contribution in [3.8, 4) is 10.6 Å². The van der Waals surface area contributed by atoms with Crippen molar-refractivity contribution in [1.82, 2.24) is 15.2 Å². The van der Waals surface area contributed by atoms with Crippen LogP contribution in [-0.2, 0) is 22.8 Å². The van der Waals surface area contributed by atoms with Gasteiger partial charge >= 0.3 is 0 Å². The molecular formula is C33H34N4O4S2. The van der Waals surface area contributed by atoms with Gasteiger partial charge in [-0.1, -0.05) is 42.8 Å². The standard InChI is InChI=1S/C33H34N4O4S2/c38-31(25-15-16-30-28(20-25)36-32(39)27-9-2-3-10-29(27)43(30,40)41)34-21-26-22-35-33(42-26)24-13-11-23(12-14-24)8-4-7-19-37-17-5-1-6-18-37/h2-3,9-16,20,22H,1,4-8,17-19,21H2,(H,34,38)(H,36,39). The SMILES string of the molecule is O=C(NCc1cnc(-c2ccc(CCCCN3CCCCC3)cc2)s1)c1ccc2c(c1)NC(=O)c1ccccc1S2(=O)=O. The molecule has 0 atom stereocenters.